The minimum atomic E-state index is -3.57. The van der Waals surface area contributed by atoms with Crippen LogP contribution >= 0.6 is 10.7 Å². The van der Waals surface area contributed by atoms with Gasteiger partial charge in [-0.15, -0.1) is 0 Å². The second-order valence-corrected chi connectivity index (χ2v) is 6.63. The Hall–Kier alpha value is -0.920. The Balaban J connectivity index is 2.32. The summed E-state index contributed by atoms with van der Waals surface area (Å²) in [6.07, 6.45) is 0. The number of halogens is 3. The van der Waals surface area contributed by atoms with Crippen molar-refractivity contribution in [3.8, 4) is 5.75 Å². The highest BCUT2D eigenvalue weighted by Crippen LogP contribution is 2.21. The lowest BCUT2D eigenvalue weighted by Crippen LogP contribution is -2.12. The summed E-state index contributed by atoms with van der Waals surface area (Å²) >= 11 is 0. The van der Waals surface area contributed by atoms with E-state index in [9.17, 15) is 17.2 Å². The summed E-state index contributed by atoms with van der Waals surface area (Å²) in [6.45, 7) is 1.74. The van der Waals surface area contributed by atoms with E-state index in [1.165, 1.54) is 0 Å². The highest BCUT2D eigenvalue weighted by atomic mass is 35.7. The van der Waals surface area contributed by atoms with Gasteiger partial charge in [0.2, 0.25) is 9.05 Å². The molecule has 8 heteroatoms. The third-order valence-electron chi connectivity index (χ3n) is 2.17. The molecular weight excluding hydrogens is 302 g/mol. The van der Waals surface area contributed by atoms with Crippen molar-refractivity contribution in [2.45, 2.75) is 6.92 Å². The largest absolute Gasteiger partial charge is 0.491 e. The van der Waals surface area contributed by atoms with E-state index in [0.29, 0.717) is 5.56 Å². The highest BCUT2D eigenvalue weighted by Gasteiger charge is 2.08. The molecule has 0 aliphatic rings. The van der Waals surface area contributed by atoms with Crippen molar-refractivity contribution >= 4 is 19.7 Å². The number of aryl methyl sites for hydroxylation is 1. The summed E-state index contributed by atoms with van der Waals surface area (Å²) in [5.74, 6) is -2.01. The fourth-order valence-electron chi connectivity index (χ4n) is 1.25. The number of rotatable bonds is 7. The maximum atomic E-state index is 13.0. The molecule has 19 heavy (non-hydrogen) atoms. The fraction of sp³-hybridized carbons (Fsp3) is 0.455. The van der Waals surface area contributed by atoms with Gasteiger partial charge < -0.3 is 9.47 Å². The molecule has 0 saturated heterocycles. The van der Waals surface area contributed by atoms with Crippen LogP contribution in [0.4, 0.5) is 8.78 Å². The molecule has 1 aromatic rings. The molecule has 0 atom stereocenters. The topological polar surface area (TPSA) is 52.6 Å². The van der Waals surface area contributed by atoms with Crippen LogP contribution in [0.5, 0.6) is 5.75 Å². The summed E-state index contributed by atoms with van der Waals surface area (Å²) in [7, 11) is 1.41. The Morgan fingerprint density at radius 2 is 1.79 bits per heavy atom. The molecule has 0 aliphatic heterocycles. The lowest BCUT2D eigenvalue weighted by atomic mass is 10.2. The van der Waals surface area contributed by atoms with Crippen molar-refractivity contribution in [2.75, 3.05) is 25.6 Å². The van der Waals surface area contributed by atoms with Crippen molar-refractivity contribution in [1.29, 1.82) is 0 Å². The quantitative estimate of drug-likeness (QED) is 0.572. The summed E-state index contributed by atoms with van der Waals surface area (Å²) in [6, 6.07) is 1.99. The molecule has 0 bridgehead atoms. The van der Waals surface area contributed by atoms with E-state index >= 15 is 0 Å². The summed E-state index contributed by atoms with van der Waals surface area (Å²) < 4.78 is 57.1. The molecule has 0 N–H and O–H groups in total. The molecule has 0 unspecified atom stereocenters. The molecule has 0 aromatic heterocycles. The number of hydrogen-bond donors (Lipinski definition) is 0. The van der Waals surface area contributed by atoms with Crippen molar-refractivity contribution in [1.82, 2.24) is 0 Å². The third kappa shape index (κ3) is 6.17. The van der Waals surface area contributed by atoms with Crippen LogP contribution in [0.25, 0.3) is 0 Å². The molecule has 0 aliphatic carbocycles. The molecule has 108 valence electrons. The Morgan fingerprint density at radius 3 is 2.42 bits per heavy atom. The van der Waals surface area contributed by atoms with Crippen LogP contribution in [0.3, 0.4) is 0 Å². The van der Waals surface area contributed by atoms with Crippen molar-refractivity contribution in [2.24, 2.45) is 0 Å². The average molecular weight is 315 g/mol. The van der Waals surface area contributed by atoms with E-state index in [-0.39, 0.29) is 31.3 Å². The van der Waals surface area contributed by atoms with Crippen molar-refractivity contribution in [3.63, 3.8) is 0 Å². The number of ether oxygens (including phenoxy) is 2. The lowest BCUT2D eigenvalue weighted by molar-refractivity contribution is 0.111. The normalized spacial score (nSPS) is 11.6. The van der Waals surface area contributed by atoms with Gasteiger partial charge in [-0.2, -0.15) is 0 Å². The molecule has 1 rings (SSSR count). The maximum Gasteiger partial charge on any atom is 0.234 e. The van der Waals surface area contributed by atoms with Gasteiger partial charge in [0, 0.05) is 16.7 Å². The standard InChI is InChI=1S/C11H13ClF2O4S/c1-8-6-9(13)10(14)7-11(8)18-3-2-17-4-5-19(12,15)16/h6-7H,2-5H2,1H3. The third-order valence-corrected chi connectivity index (χ3v) is 3.29. The van der Waals surface area contributed by atoms with Crippen molar-refractivity contribution in [3.05, 3.63) is 29.3 Å². The molecule has 0 heterocycles. The lowest BCUT2D eigenvalue weighted by Gasteiger charge is -2.09. The average Bonchev–Trinajstić information content (AvgIpc) is 2.28. The smallest absolute Gasteiger partial charge is 0.234 e. The predicted molar refractivity (Wildman–Crippen MR) is 67.0 cm³/mol. The second kappa shape index (κ2) is 7.02. The van der Waals surface area contributed by atoms with Crippen LogP contribution in [0.2, 0.25) is 0 Å². The molecule has 0 spiro atoms. The maximum absolute atomic E-state index is 13.0. The number of benzene rings is 1. The van der Waals surface area contributed by atoms with Crippen LogP contribution in [0.15, 0.2) is 12.1 Å². The van der Waals surface area contributed by atoms with Gasteiger partial charge in [0.25, 0.3) is 0 Å². The van der Waals surface area contributed by atoms with Crippen LogP contribution in [-0.2, 0) is 13.8 Å². The van der Waals surface area contributed by atoms with Crippen LogP contribution in [0, 0.1) is 18.6 Å². The van der Waals surface area contributed by atoms with E-state index in [4.69, 9.17) is 20.2 Å². The zero-order valence-electron chi connectivity index (χ0n) is 10.2. The van der Waals surface area contributed by atoms with Crippen LogP contribution in [0.1, 0.15) is 5.56 Å². The molecule has 4 nitrogen and oxygen atoms in total. The fourth-order valence-corrected chi connectivity index (χ4v) is 1.76. The van der Waals surface area contributed by atoms with Gasteiger partial charge in [-0.3, -0.25) is 0 Å². The first-order valence-corrected chi connectivity index (χ1v) is 7.86. The first-order chi connectivity index (χ1) is 8.79. The zero-order chi connectivity index (χ0) is 14.5. The molecule has 1 aromatic carbocycles. The van der Waals surface area contributed by atoms with Gasteiger partial charge >= 0.3 is 0 Å². The van der Waals surface area contributed by atoms with Crippen LogP contribution < -0.4 is 4.74 Å². The van der Waals surface area contributed by atoms with Gasteiger partial charge in [0.15, 0.2) is 11.6 Å². The van der Waals surface area contributed by atoms with E-state index < -0.39 is 20.7 Å². The van der Waals surface area contributed by atoms with Gasteiger partial charge in [0.1, 0.15) is 12.4 Å². The second-order valence-electron chi connectivity index (χ2n) is 3.74. The molecule has 0 amide bonds. The molecule has 0 radical (unpaired) electrons. The Labute approximate surface area is 114 Å². The summed E-state index contributed by atoms with van der Waals surface area (Å²) in [4.78, 5) is 0. The van der Waals surface area contributed by atoms with Gasteiger partial charge in [-0.05, 0) is 18.6 Å². The minimum Gasteiger partial charge on any atom is -0.491 e. The Kier molecular flexibility index (Phi) is 5.96. The van der Waals surface area contributed by atoms with E-state index in [1.807, 2.05) is 0 Å². The SMILES string of the molecule is Cc1cc(F)c(F)cc1OCCOCCS(=O)(=O)Cl. The molecular formula is C11H13ClF2O4S. The van der Waals surface area contributed by atoms with E-state index in [1.54, 1.807) is 6.92 Å². The van der Waals surface area contributed by atoms with E-state index in [0.717, 1.165) is 12.1 Å². The van der Waals surface area contributed by atoms with E-state index in [2.05, 4.69) is 0 Å². The minimum absolute atomic E-state index is 0.0496. The van der Waals surface area contributed by atoms with Gasteiger partial charge in [0.05, 0.1) is 19.0 Å². The first-order valence-electron chi connectivity index (χ1n) is 5.38. The number of hydrogen-bond acceptors (Lipinski definition) is 4. The monoisotopic (exact) mass is 314 g/mol. The highest BCUT2D eigenvalue weighted by molar-refractivity contribution is 8.13. The Bertz CT molecular complexity index is 534. The van der Waals surface area contributed by atoms with Gasteiger partial charge in [-0.25, -0.2) is 17.2 Å². The van der Waals surface area contributed by atoms with Crippen molar-refractivity contribution < 1.29 is 26.7 Å². The molecule has 0 fully saturated rings. The Morgan fingerprint density at radius 1 is 1.16 bits per heavy atom. The summed E-state index contributed by atoms with van der Waals surface area (Å²) in [5.41, 5.74) is 0.460. The van der Waals surface area contributed by atoms with Gasteiger partial charge in [-0.1, -0.05) is 0 Å². The first kappa shape index (κ1) is 16.1. The molecule has 0 saturated carbocycles. The summed E-state index contributed by atoms with van der Waals surface area (Å²) in [5, 5.41) is 0. The predicted octanol–water partition coefficient (Wildman–Crippen LogP) is 2.24. The van der Waals surface area contributed by atoms with Crippen LogP contribution in [-0.4, -0.2) is 34.0 Å². The zero-order valence-corrected chi connectivity index (χ0v) is 11.7.